The molecular formula is C16H28N2O. The first kappa shape index (κ1) is 16.0. The number of aliphatic hydroxyl groups is 1. The minimum Gasteiger partial charge on any atom is -0.395 e. The van der Waals surface area contributed by atoms with Crippen LogP contribution in [0.4, 0.5) is 5.69 Å². The van der Waals surface area contributed by atoms with Crippen molar-refractivity contribution in [3.63, 3.8) is 0 Å². The summed E-state index contributed by atoms with van der Waals surface area (Å²) in [6.45, 7) is 12.5. The minimum atomic E-state index is 0.184. The van der Waals surface area contributed by atoms with Crippen molar-refractivity contribution in [1.29, 1.82) is 0 Å². The fourth-order valence-corrected chi connectivity index (χ4v) is 2.21. The zero-order valence-corrected chi connectivity index (χ0v) is 12.9. The quantitative estimate of drug-likeness (QED) is 0.795. The van der Waals surface area contributed by atoms with E-state index in [1.165, 1.54) is 16.8 Å². The molecule has 1 aromatic carbocycles. The predicted molar refractivity (Wildman–Crippen MR) is 82.7 cm³/mol. The molecule has 0 saturated heterocycles. The van der Waals surface area contributed by atoms with Crippen LogP contribution in [0.5, 0.6) is 0 Å². The van der Waals surface area contributed by atoms with E-state index in [2.05, 4.69) is 63.0 Å². The third-order valence-electron chi connectivity index (χ3n) is 3.21. The summed E-state index contributed by atoms with van der Waals surface area (Å²) in [5.74, 6) is 0. The third kappa shape index (κ3) is 4.84. The zero-order chi connectivity index (χ0) is 14.4. The van der Waals surface area contributed by atoms with Crippen LogP contribution in [-0.4, -0.2) is 30.3 Å². The van der Waals surface area contributed by atoms with Gasteiger partial charge < -0.3 is 15.3 Å². The first-order valence-corrected chi connectivity index (χ1v) is 7.16. The van der Waals surface area contributed by atoms with Crippen molar-refractivity contribution in [3.8, 4) is 0 Å². The summed E-state index contributed by atoms with van der Waals surface area (Å²) in [6, 6.07) is 7.40. The van der Waals surface area contributed by atoms with Gasteiger partial charge in [0, 0.05) is 30.9 Å². The maximum absolute atomic E-state index is 9.25. The molecule has 0 aromatic heterocycles. The van der Waals surface area contributed by atoms with Crippen LogP contribution in [0.25, 0.3) is 0 Å². The highest BCUT2D eigenvalue weighted by atomic mass is 16.3. The number of nitrogens with one attached hydrogen (secondary N) is 1. The Bertz CT molecular complexity index is 388. The Hall–Kier alpha value is -1.06. The molecule has 0 radical (unpaired) electrons. The summed E-state index contributed by atoms with van der Waals surface area (Å²) in [5.41, 5.74) is 3.80. The second-order valence-electron chi connectivity index (χ2n) is 5.68. The number of hydrogen-bond donors (Lipinski definition) is 2. The van der Waals surface area contributed by atoms with Crippen LogP contribution in [0.2, 0.25) is 0 Å². The van der Waals surface area contributed by atoms with Crippen LogP contribution < -0.4 is 10.2 Å². The van der Waals surface area contributed by atoms with E-state index in [0.717, 1.165) is 6.54 Å². The maximum atomic E-state index is 9.25. The van der Waals surface area contributed by atoms with Crippen LogP contribution in [-0.2, 0) is 6.54 Å². The number of anilines is 1. The summed E-state index contributed by atoms with van der Waals surface area (Å²) in [4.78, 5) is 2.26. The van der Waals surface area contributed by atoms with Crippen molar-refractivity contribution in [2.45, 2.75) is 53.2 Å². The van der Waals surface area contributed by atoms with Gasteiger partial charge in [0.25, 0.3) is 0 Å². The lowest BCUT2D eigenvalue weighted by Crippen LogP contribution is -2.35. The van der Waals surface area contributed by atoms with Gasteiger partial charge in [0.05, 0.1) is 6.61 Å². The fraction of sp³-hybridized carbons (Fsp3) is 0.625. The molecule has 0 unspecified atom stereocenters. The van der Waals surface area contributed by atoms with Gasteiger partial charge in [0.2, 0.25) is 0 Å². The Morgan fingerprint density at radius 3 is 2.42 bits per heavy atom. The molecule has 0 spiro atoms. The standard InChI is InChI=1S/C16H28N2O/c1-12(2)17-11-15-10-14(5)6-7-16(15)18(8-9-19)13(3)4/h6-7,10,12-13,17,19H,8-9,11H2,1-5H3. The van der Waals surface area contributed by atoms with E-state index in [1.807, 2.05) is 0 Å². The Morgan fingerprint density at radius 2 is 1.89 bits per heavy atom. The summed E-state index contributed by atoms with van der Waals surface area (Å²) in [6.07, 6.45) is 0. The molecule has 0 heterocycles. The Morgan fingerprint density at radius 1 is 1.21 bits per heavy atom. The smallest absolute Gasteiger partial charge is 0.0606 e. The summed E-state index contributed by atoms with van der Waals surface area (Å²) in [5, 5.41) is 12.7. The largest absolute Gasteiger partial charge is 0.395 e. The van der Waals surface area contributed by atoms with Gasteiger partial charge in [-0.2, -0.15) is 0 Å². The van der Waals surface area contributed by atoms with Crippen LogP contribution in [0.3, 0.4) is 0 Å². The van der Waals surface area contributed by atoms with Crippen LogP contribution >= 0.6 is 0 Å². The van der Waals surface area contributed by atoms with E-state index in [9.17, 15) is 5.11 Å². The molecule has 1 aromatic rings. The lowest BCUT2D eigenvalue weighted by atomic mass is 10.1. The van der Waals surface area contributed by atoms with Gasteiger partial charge in [-0.25, -0.2) is 0 Å². The Kier molecular flexibility index (Phi) is 6.32. The van der Waals surface area contributed by atoms with Crippen LogP contribution in [0.1, 0.15) is 38.8 Å². The minimum absolute atomic E-state index is 0.184. The van der Waals surface area contributed by atoms with Crippen molar-refractivity contribution in [3.05, 3.63) is 29.3 Å². The number of aliphatic hydroxyl groups excluding tert-OH is 1. The third-order valence-corrected chi connectivity index (χ3v) is 3.21. The highest BCUT2D eigenvalue weighted by Crippen LogP contribution is 2.24. The van der Waals surface area contributed by atoms with E-state index in [1.54, 1.807) is 0 Å². The van der Waals surface area contributed by atoms with Gasteiger partial charge in [-0.3, -0.25) is 0 Å². The SMILES string of the molecule is Cc1ccc(N(CCO)C(C)C)c(CNC(C)C)c1. The van der Waals surface area contributed by atoms with Gasteiger partial charge >= 0.3 is 0 Å². The molecule has 0 aliphatic heterocycles. The monoisotopic (exact) mass is 264 g/mol. The van der Waals surface area contributed by atoms with E-state index in [4.69, 9.17) is 0 Å². The van der Waals surface area contributed by atoms with Gasteiger partial charge in [0.15, 0.2) is 0 Å². The van der Waals surface area contributed by atoms with Gasteiger partial charge in [-0.1, -0.05) is 31.5 Å². The molecule has 0 saturated carbocycles. The van der Waals surface area contributed by atoms with Gasteiger partial charge in [-0.05, 0) is 32.4 Å². The number of rotatable bonds is 7. The fourth-order valence-electron chi connectivity index (χ4n) is 2.21. The number of aryl methyl sites for hydroxylation is 1. The van der Waals surface area contributed by atoms with E-state index in [0.29, 0.717) is 18.6 Å². The summed E-state index contributed by atoms with van der Waals surface area (Å²) in [7, 11) is 0. The second kappa shape index (κ2) is 7.51. The summed E-state index contributed by atoms with van der Waals surface area (Å²) >= 11 is 0. The van der Waals surface area contributed by atoms with Gasteiger partial charge in [-0.15, -0.1) is 0 Å². The highest BCUT2D eigenvalue weighted by Gasteiger charge is 2.14. The van der Waals surface area contributed by atoms with Crippen molar-refractivity contribution in [1.82, 2.24) is 5.32 Å². The number of nitrogens with zero attached hydrogens (tertiary/aromatic N) is 1. The van der Waals surface area contributed by atoms with E-state index < -0.39 is 0 Å². The van der Waals surface area contributed by atoms with Gasteiger partial charge in [0.1, 0.15) is 0 Å². The van der Waals surface area contributed by atoms with Crippen molar-refractivity contribution in [2.24, 2.45) is 0 Å². The molecule has 0 aliphatic rings. The van der Waals surface area contributed by atoms with Crippen molar-refractivity contribution < 1.29 is 5.11 Å². The number of hydrogen-bond acceptors (Lipinski definition) is 3. The molecule has 0 aliphatic carbocycles. The molecule has 3 heteroatoms. The molecule has 0 atom stereocenters. The Labute approximate surface area is 117 Å². The molecule has 0 bridgehead atoms. The zero-order valence-electron chi connectivity index (χ0n) is 12.9. The first-order valence-electron chi connectivity index (χ1n) is 7.16. The maximum Gasteiger partial charge on any atom is 0.0606 e. The molecule has 19 heavy (non-hydrogen) atoms. The lowest BCUT2D eigenvalue weighted by molar-refractivity contribution is 0.299. The molecule has 0 amide bonds. The molecule has 1 rings (SSSR count). The van der Waals surface area contributed by atoms with E-state index >= 15 is 0 Å². The highest BCUT2D eigenvalue weighted by molar-refractivity contribution is 5.55. The molecular weight excluding hydrogens is 236 g/mol. The topological polar surface area (TPSA) is 35.5 Å². The number of benzene rings is 1. The lowest BCUT2D eigenvalue weighted by Gasteiger charge is -2.31. The van der Waals surface area contributed by atoms with Crippen LogP contribution in [0, 0.1) is 6.92 Å². The Balaban J connectivity index is 3.02. The van der Waals surface area contributed by atoms with Crippen molar-refractivity contribution in [2.75, 3.05) is 18.1 Å². The molecule has 2 N–H and O–H groups in total. The first-order chi connectivity index (χ1) is 8.95. The normalized spacial score (nSPS) is 11.4. The predicted octanol–water partition coefficient (Wildman–Crippen LogP) is 2.70. The molecule has 0 fully saturated rings. The van der Waals surface area contributed by atoms with Crippen LogP contribution in [0.15, 0.2) is 18.2 Å². The van der Waals surface area contributed by atoms with Crippen molar-refractivity contribution >= 4 is 5.69 Å². The summed E-state index contributed by atoms with van der Waals surface area (Å²) < 4.78 is 0. The average Bonchev–Trinajstić information content (AvgIpc) is 2.34. The second-order valence-corrected chi connectivity index (χ2v) is 5.68. The molecule has 108 valence electrons. The molecule has 3 nitrogen and oxygen atoms in total. The average molecular weight is 264 g/mol. The van der Waals surface area contributed by atoms with E-state index in [-0.39, 0.29) is 6.61 Å².